The molecule has 0 saturated heterocycles. The number of aromatic nitrogens is 1. The molecule has 0 aliphatic rings. The van der Waals surface area contributed by atoms with Crippen molar-refractivity contribution in [3.63, 3.8) is 0 Å². The van der Waals surface area contributed by atoms with Gasteiger partial charge in [0.15, 0.2) is 0 Å². The van der Waals surface area contributed by atoms with E-state index >= 15 is 0 Å². The summed E-state index contributed by atoms with van der Waals surface area (Å²) in [5.74, 6) is 0. The van der Waals surface area contributed by atoms with Crippen molar-refractivity contribution < 1.29 is 4.42 Å². The number of furan rings is 1. The number of para-hydroxylation sites is 2. The minimum absolute atomic E-state index is 0.909. The van der Waals surface area contributed by atoms with E-state index in [1.807, 2.05) is 6.07 Å². The van der Waals surface area contributed by atoms with E-state index in [-0.39, 0.29) is 0 Å². The summed E-state index contributed by atoms with van der Waals surface area (Å²) in [5.41, 5.74) is 9.02. The Bertz CT molecular complexity index is 2710. The smallest absolute Gasteiger partial charge is 0.145 e. The lowest BCUT2D eigenvalue weighted by molar-refractivity contribution is 0.673. The van der Waals surface area contributed by atoms with E-state index in [0.717, 1.165) is 38.4 Å². The Labute approximate surface area is 252 Å². The van der Waals surface area contributed by atoms with Crippen LogP contribution in [0.1, 0.15) is 0 Å². The first-order valence-electron chi connectivity index (χ1n) is 15.1. The van der Waals surface area contributed by atoms with Crippen LogP contribution in [0.2, 0.25) is 0 Å². The first kappa shape index (κ1) is 23.7. The minimum atomic E-state index is 0.909. The van der Waals surface area contributed by atoms with E-state index in [1.165, 1.54) is 60.0 Å². The van der Waals surface area contributed by atoms with Crippen molar-refractivity contribution >= 4 is 76.1 Å². The fraction of sp³-hybridized carbons (Fsp3) is 0. The van der Waals surface area contributed by atoms with Crippen LogP contribution in [-0.2, 0) is 0 Å². The molecule has 0 fully saturated rings. The minimum Gasteiger partial charge on any atom is -0.455 e. The van der Waals surface area contributed by atoms with Gasteiger partial charge in [-0.15, -0.1) is 0 Å². The maximum absolute atomic E-state index is 6.60. The zero-order valence-corrected chi connectivity index (χ0v) is 23.8. The van der Waals surface area contributed by atoms with Crippen LogP contribution in [0.5, 0.6) is 0 Å². The second-order valence-electron chi connectivity index (χ2n) is 11.7. The highest BCUT2D eigenvalue weighted by Gasteiger charge is 2.23. The van der Waals surface area contributed by atoms with Gasteiger partial charge in [-0.3, -0.25) is 0 Å². The number of rotatable bonds is 2. The Morgan fingerprint density at radius 2 is 0.955 bits per heavy atom. The third kappa shape index (κ3) is 3.14. The molecule has 0 radical (unpaired) electrons. The van der Waals surface area contributed by atoms with Crippen LogP contribution >= 0.6 is 0 Å². The molecule has 2 heterocycles. The molecule has 0 bridgehead atoms. The summed E-state index contributed by atoms with van der Waals surface area (Å²) >= 11 is 0. The molecule has 8 aromatic carbocycles. The lowest BCUT2D eigenvalue weighted by atomic mass is 9.84. The molecule has 0 atom stereocenters. The molecule has 0 aliphatic heterocycles. The van der Waals surface area contributed by atoms with Gasteiger partial charge >= 0.3 is 0 Å². The number of hydrogen-bond acceptors (Lipinski definition) is 1. The quantitative estimate of drug-likeness (QED) is 0.210. The average molecular weight is 560 g/mol. The number of H-pyrrole nitrogens is 1. The molecule has 204 valence electrons. The van der Waals surface area contributed by atoms with Gasteiger partial charge in [-0.25, -0.2) is 0 Å². The third-order valence-corrected chi connectivity index (χ3v) is 9.38. The topological polar surface area (TPSA) is 28.9 Å². The lowest BCUT2D eigenvalue weighted by Crippen LogP contribution is -1.92. The van der Waals surface area contributed by atoms with Crippen molar-refractivity contribution in [3.8, 4) is 22.3 Å². The average Bonchev–Trinajstić information content (AvgIpc) is 3.65. The molecule has 2 heteroatoms. The number of nitrogens with one attached hydrogen (secondary N) is 1. The lowest BCUT2D eigenvalue weighted by Gasteiger charge is -2.19. The van der Waals surface area contributed by atoms with E-state index in [1.54, 1.807) is 0 Å². The number of fused-ring (bicyclic) bond motifs is 10. The summed E-state index contributed by atoms with van der Waals surface area (Å²) in [6, 6.07) is 52.5. The van der Waals surface area contributed by atoms with Gasteiger partial charge in [-0.1, -0.05) is 127 Å². The van der Waals surface area contributed by atoms with Gasteiger partial charge in [-0.2, -0.15) is 0 Å². The van der Waals surface area contributed by atoms with Crippen LogP contribution < -0.4 is 0 Å². The van der Waals surface area contributed by atoms with Crippen LogP contribution in [0, 0.1) is 0 Å². The molecule has 0 unspecified atom stereocenters. The molecule has 1 N–H and O–H groups in total. The number of aromatic amines is 1. The molecule has 44 heavy (non-hydrogen) atoms. The normalized spacial score (nSPS) is 12.1. The van der Waals surface area contributed by atoms with Gasteiger partial charge < -0.3 is 9.40 Å². The zero-order chi connectivity index (χ0) is 28.8. The SMILES string of the molecule is c1ccc2c(-c3c4ccccc4c(-c4cc5c6ccccc6oc5c5c4[nH]c4ccccc45)c4ccccc34)cccc2c1. The molecule has 0 saturated carbocycles. The molecular weight excluding hydrogens is 534 g/mol. The van der Waals surface area contributed by atoms with Gasteiger partial charge in [0.2, 0.25) is 0 Å². The standard InChI is InChI=1S/C42H25NO/c1-2-14-26-25(12-1)13-11-21-28(26)38-29-16-3-5-18-31(29)39(32-19-6-4-17-30(32)38)35-24-34-27-15-8-10-23-37(27)44-42(34)40-33-20-7-9-22-36(33)43-41(35)40/h1-24,43H. The largest absolute Gasteiger partial charge is 0.455 e. The van der Waals surface area contributed by atoms with Gasteiger partial charge in [-0.05, 0) is 67.2 Å². The molecule has 0 spiro atoms. The monoisotopic (exact) mass is 559 g/mol. The Hall–Kier alpha value is -5.86. The first-order chi connectivity index (χ1) is 21.8. The van der Waals surface area contributed by atoms with Crippen molar-refractivity contribution in [2.45, 2.75) is 0 Å². The highest BCUT2D eigenvalue weighted by Crippen LogP contribution is 2.49. The Morgan fingerprint density at radius 1 is 0.409 bits per heavy atom. The fourth-order valence-electron chi connectivity index (χ4n) is 7.54. The van der Waals surface area contributed by atoms with Crippen LogP contribution in [0.15, 0.2) is 150 Å². The van der Waals surface area contributed by atoms with Crippen LogP contribution in [0.3, 0.4) is 0 Å². The summed E-state index contributed by atoms with van der Waals surface area (Å²) in [5, 5.41) is 12.1. The van der Waals surface area contributed by atoms with E-state index < -0.39 is 0 Å². The Balaban J connectivity index is 1.44. The molecule has 10 rings (SSSR count). The Kier molecular flexibility index (Phi) is 4.75. The number of benzene rings is 8. The van der Waals surface area contributed by atoms with Crippen LogP contribution in [0.25, 0.3) is 98.3 Å². The van der Waals surface area contributed by atoms with Gasteiger partial charge in [0, 0.05) is 27.2 Å². The van der Waals surface area contributed by atoms with E-state index in [2.05, 4.69) is 145 Å². The number of hydrogen-bond donors (Lipinski definition) is 1. The zero-order valence-electron chi connectivity index (χ0n) is 23.8. The molecule has 10 aromatic rings. The van der Waals surface area contributed by atoms with Gasteiger partial charge in [0.25, 0.3) is 0 Å². The molecule has 0 amide bonds. The molecular formula is C42H25NO. The highest BCUT2D eigenvalue weighted by molar-refractivity contribution is 6.31. The van der Waals surface area contributed by atoms with Crippen LogP contribution in [-0.4, -0.2) is 4.98 Å². The third-order valence-electron chi connectivity index (χ3n) is 9.38. The first-order valence-corrected chi connectivity index (χ1v) is 15.1. The van der Waals surface area contributed by atoms with Gasteiger partial charge in [0.1, 0.15) is 11.2 Å². The summed E-state index contributed by atoms with van der Waals surface area (Å²) < 4.78 is 6.60. The van der Waals surface area contributed by atoms with Crippen molar-refractivity contribution in [2.24, 2.45) is 0 Å². The Morgan fingerprint density at radius 3 is 1.68 bits per heavy atom. The summed E-state index contributed by atoms with van der Waals surface area (Å²) in [6.07, 6.45) is 0. The highest BCUT2D eigenvalue weighted by atomic mass is 16.3. The second kappa shape index (κ2) is 8.82. The van der Waals surface area contributed by atoms with Crippen molar-refractivity contribution in [1.29, 1.82) is 0 Å². The van der Waals surface area contributed by atoms with E-state index in [4.69, 9.17) is 4.42 Å². The van der Waals surface area contributed by atoms with Crippen molar-refractivity contribution in [2.75, 3.05) is 0 Å². The fourth-order valence-corrected chi connectivity index (χ4v) is 7.54. The van der Waals surface area contributed by atoms with Gasteiger partial charge in [0.05, 0.1) is 10.9 Å². The summed E-state index contributed by atoms with van der Waals surface area (Å²) in [6.45, 7) is 0. The molecule has 2 nitrogen and oxygen atoms in total. The maximum Gasteiger partial charge on any atom is 0.145 e. The van der Waals surface area contributed by atoms with Crippen LogP contribution in [0.4, 0.5) is 0 Å². The summed E-state index contributed by atoms with van der Waals surface area (Å²) in [7, 11) is 0. The second-order valence-corrected chi connectivity index (χ2v) is 11.7. The molecule has 2 aromatic heterocycles. The predicted molar refractivity (Wildman–Crippen MR) is 186 cm³/mol. The summed E-state index contributed by atoms with van der Waals surface area (Å²) in [4.78, 5) is 3.82. The predicted octanol–water partition coefficient (Wildman–Crippen LogP) is 12.0. The van der Waals surface area contributed by atoms with Crippen molar-refractivity contribution in [3.05, 3.63) is 146 Å². The van der Waals surface area contributed by atoms with Crippen molar-refractivity contribution in [1.82, 2.24) is 4.98 Å². The van der Waals surface area contributed by atoms with E-state index in [0.29, 0.717) is 0 Å². The van der Waals surface area contributed by atoms with E-state index in [9.17, 15) is 0 Å². The molecule has 0 aliphatic carbocycles. The maximum atomic E-state index is 6.60.